The zero-order chi connectivity index (χ0) is 39.7. The first kappa shape index (κ1) is 38.3. The molecule has 2 aliphatic heterocycles. The molecule has 0 spiro atoms. The number of carbonyl (C=O) groups is 4. The van der Waals surface area contributed by atoms with Crippen LogP contribution in [-0.2, 0) is 19.1 Å². The highest BCUT2D eigenvalue weighted by molar-refractivity contribution is 5.92. The van der Waals surface area contributed by atoms with Crippen LogP contribution in [-0.4, -0.2) is 110 Å². The average molecular weight is 766 g/mol. The molecule has 0 unspecified atom stereocenters. The quantitative estimate of drug-likeness (QED) is 0.119. The van der Waals surface area contributed by atoms with E-state index in [-0.39, 0.29) is 18.0 Å². The number of alkyl carbamates (subject to hydrolysis) is 2. The first-order valence-corrected chi connectivity index (χ1v) is 18.8. The van der Waals surface area contributed by atoms with E-state index >= 15 is 0 Å². The predicted octanol–water partition coefficient (Wildman–Crippen LogP) is 4.28. The van der Waals surface area contributed by atoms with Crippen molar-refractivity contribution in [1.29, 1.82) is 0 Å². The Hall–Kier alpha value is -6.00. The van der Waals surface area contributed by atoms with Crippen LogP contribution in [0.15, 0.2) is 60.8 Å². The SMILES string of the molecule is COC(=O)N[C@H](C(=O)N1CCC[C@H]1c1nc2ccc(-c3ccc4cc(-c5cnc([C@@H]6CCCN6C(=O)[C@@H](NC(=O)OC)[C@@H](C)O)[nH]5)ccc4c3)cc2[nH]1)[C@@H](C)N. The van der Waals surface area contributed by atoms with Gasteiger partial charge in [0, 0.05) is 24.7 Å². The van der Waals surface area contributed by atoms with Gasteiger partial charge in [-0.15, -0.1) is 0 Å². The summed E-state index contributed by atoms with van der Waals surface area (Å²) >= 11 is 0. The van der Waals surface area contributed by atoms with Crippen LogP contribution in [0.25, 0.3) is 44.2 Å². The van der Waals surface area contributed by atoms with E-state index in [0.29, 0.717) is 31.2 Å². The molecular formula is C40H47N9O7. The van der Waals surface area contributed by atoms with Crippen LogP contribution < -0.4 is 16.4 Å². The Morgan fingerprint density at radius 2 is 1.34 bits per heavy atom. The highest BCUT2D eigenvalue weighted by Gasteiger charge is 2.39. The van der Waals surface area contributed by atoms with Gasteiger partial charge in [0.2, 0.25) is 11.8 Å². The number of hydrogen-bond donors (Lipinski definition) is 6. The lowest BCUT2D eigenvalue weighted by Crippen LogP contribution is -2.56. The topological polar surface area (TPSA) is 221 Å². The van der Waals surface area contributed by atoms with Crippen LogP contribution in [0.4, 0.5) is 9.59 Å². The van der Waals surface area contributed by atoms with Gasteiger partial charge in [-0.1, -0.05) is 30.3 Å². The summed E-state index contributed by atoms with van der Waals surface area (Å²) in [5.74, 6) is 0.656. The third-order valence-corrected chi connectivity index (χ3v) is 10.7. The van der Waals surface area contributed by atoms with E-state index < -0.39 is 42.3 Å². The molecule has 0 aliphatic carbocycles. The summed E-state index contributed by atoms with van der Waals surface area (Å²) < 4.78 is 9.36. The van der Waals surface area contributed by atoms with Gasteiger partial charge in [-0.3, -0.25) is 9.59 Å². The smallest absolute Gasteiger partial charge is 0.407 e. The minimum absolute atomic E-state index is 0.272. The molecule has 3 aromatic carbocycles. The number of ether oxygens (including phenoxy) is 2. The molecule has 56 heavy (non-hydrogen) atoms. The number of nitrogens with one attached hydrogen (secondary N) is 4. The van der Waals surface area contributed by atoms with E-state index in [1.54, 1.807) is 22.9 Å². The molecule has 2 aromatic heterocycles. The standard InChI is InChI=1S/C40H47N9O7/c1-21(41)33(46-39(53)55-3)37(51)49-16-6-8-32(49)36-43-28-14-13-26(19-29(28)44-36)24-9-10-25-18-27(12-11-23(25)17-24)30-20-42-35(45-30)31-7-5-15-48(31)38(52)34(22(2)50)47-40(54)56-4/h9-14,17-22,31-34,50H,5-8,15-16,41H2,1-4H3,(H,42,45)(H,43,44)(H,46,53)(H,47,54)/t21-,22-,31+,32+,33+,34+/m1/s1. The number of imidazole rings is 2. The van der Waals surface area contributed by atoms with Crippen molar-refractivity contribution < 1.29 is 33.8 Å². The lowest BCUT2D eigenvalue weighted by atomic mass is 9.99. The second-order valence-corrected chi connectivity index (χ2v) is 14.5. The highest BCUT2D eigenvalue weighted by Crippen LogP contribution is 2.35. The minimum Gasteiger partial charge on any atom is -0.453 e. The number of carbonyl (C=O) groups excluding carboxylic acids is 4. The second kappa shape index (κ2) is 16.0. The Labute approximate surface area is 323 Å². The number of rotatable bonds is 10. The number of nitrogens with two attached hydrogens (primary N) is 1. The summed E-state index contributed by atoms with van der Waals surface area (Å²) in [7, 11) is 2.45. The van der Waals surface area contributed by atoms with Crippen LogP contribution in [0, 0.1) is 0 Å². The molecule has 6 atom stereocenters. The van der Waals surface area contributed by atoms with Gasteiger partial charge in [-0.25, -0.2) is 19.6 Å². The van der Waals surface area contributed by atoms with Crippen LogP contribution in [0.1, 0.15) is 63.3 Å². The van der Waals surface area contributed by atoms with Crippen LogP contribution in [0.3, 0.4) is 0 Å². The fourth-order valence-electron chi connectivity index (χ4n) is 7.78. The molecule has 0 radical (unpaired) electrons. The van der Waals surface area contributed by atoms with Gasteiger partial charge in [0.25, 0.3) is 0 Å². The van der Waals surface area contributed by atoms with Crippen molar-refractivity contribution in [3.8, 4) is 22.4 Å². The van der Waals surface area contributed by atoms with Crippen molar-refractivity contribution in [3.05, 3.63) is 72.4 Å². The summed E-state index contributed by atoms with van der Waals surface area (Å²) in [5, 5.41) is 17.4. The number of hydrogen-bond acceptors (Lipinski definition) is 10. The molecule has 294 valence electrons. The molecular weight excluding hydrogens is 718 g/mol. The molecule has 2 saturated heterocycles. The van der Waals surface area contributed by atoms with Gasteiger partial charge < -0.3 is 50.7 Å². The Kier molecular flexibility index (Phi) is 10.9. The second-order valence-electron chi connectivity index (χ2n) is 14.5. The lowest BCUT2D eigenvalue weighted by Gasteiger charge is -2.29. The molecule has 7 N–H and O–H groups in total. The minimum atomic E-state index is -1.14. The number of nitrogens with zero attached hydrogens (tertiary/aromatic N) is 4. The van der Waals surface area contributed by atoms with Crippen molar-refractivity contribution in [2.75, 3.05) is 27.3 Å². The summed E-state index contributed by atoms with van der Waals surface area (Å²) in [6.07, 6.45) is 2.13. The van der Waals surface area contributed by atoms with Crippen molar-refractivity contribution >= 4 is 45.8 Å². The fourth-order valence-corrected chi connectivity index (χ4v) is 7.78. The van der Waals surface area contributed by atoms with E-state index in [9.17, 15) is 24.3 Å². The summed E-state index contributed by atoms with van der Waals surface area (Å²) in [6, 6.07) is 15.3. The van der Waals surface area contributed by atoms with Crippen LogP contribution in [0.5, 0.6) is 0 Å². The van der Waals surface area contributed by atoms with Gasteiger partial charge in [-0.2, -0.15) is 0 Å². The van der Waals surface area contributed by atoms with E-state index in [1.165, 1.54) is 21.1 Å². The van der Waals surface area contributed by atoms with E-state index in [4.69, 9.17) is 15.5 Å². The van der Waals surface area contributed by atoms with Gasteiger partial charge in [0.1, 0.15) is 23.7 Å². The zero-order valence-corrected chi connectivity index (χ0v) is 31.7. The van der Waals surface area contributed by atoms with Crippen molar-refractivity contribution in [1.82, 2.24) is 40.4 Å². The number of aromatic amines is 2. The molecule has 0 bridgehead atoms. The Morgan fingerprint density at radius 1 is 0.786 bits per heavy atom. The van der Waals surface area contributed by atoms with Crippen LogP contribution >= 0.6 is 0 Å². The first-order chi connectivity index (χ1) is 26.9. The van der Waals surface area contributed by atoms with Crippen molar-refractivity contribution in [2.24, 2.45) is 5.73 Å². The Bertz CT molecular complexity index is 2270. The van der Waals surface area contributed by atoms with Gasteiger partial charge in [0.05, 0.1) is 55.3 Å². The third kappa shape index (κ3) is 7.62. The van der Waals surface area contributed by atoms with Crippen LogP contribution in [0.2, 0.25) is 0 Å². The number of aliphatic hydroxyl groups is 1. The molecule has 2 aliphatic rings. The lowest BCUT2D eigenvalue weighted by molar-refractivity contribution is -0.137. The molecule has 4 heterocycles. The number of likely N-dealkylation sites (tertiary alicyclic amines) is 2. The molecule has 2 fully saturated rings. The fraction of sp³-hybridized carbons (Fsp3) is 0.400. The molecule has 4 amide bonds. The van der Waals surface area contributed by atoms with E-state index in [2.05, 4.69) is 66.7 Å². The van der Waals surface area contributed by atoms with Crippen molar-refractivity contribution in [2.45, 2.75) is 75.8 Å². The van der Waals surface area contributed by atoms with Gasteiger partial charge >= 0.3 is 12.2 Å². The van der Waals surface area contributed by atoms with E-state index in [1.807, 2.05) is 18.2 Å². The number of H-pyrrole nitrogens is 2. The molecule has 0 saturated carbocycles. The largest absolute Gasteiger partial charge is 0.453 e. The van der Waals surface area contributed by atoms with E-state index in [0.717, 1.165) is 63.5 Å². The first-order valence-electron chi connectivity index (χ1n) is 18.8. The molecule has 7 rings (SSSR count). The number of aromatic nitrogens is 4. The van der Waals surface area contributed by atoms with Gasteiger partial charge in [-0.05, 0) is 85.7 Å². The number of fused-ring (bicyclic) bond motifs is 2. The maximum Gasteiger partial charge on any atom is 0.407 e. The number of benzene rings is 3. The summed E-state index contributed by atoms with van der Waals surface area (Å²) in [5.41, 5.74) is 11.5. The Morgan fingerprint density at radius 3 is 1.96 bits per heavy atom. The van der Waals surface area contributed by atoms with Crippen molar-refractivity contribution in [3.63, 3.8) is 0 Å². The summed E-state index contributed by atoms with van der Waals surface area (Å²) in [6.45, 7) is 4.14. The number of aliphatic hydroxyl groups excluding tert-OH is 1. The van der Waals surface area contributed by atoms with Gasteiger partial charge in [0.15, 0.2) is 0 Å². The number of methoxy groups -OCH3 is 2. The third-order valence-electron chi connectivity index (χ3n) is 10.7. The number of amides is 4. The predicted molar refractivity (Wildman–Crippen MR) is 208 cm³/mol. The Balaban J connectivity index is 1.07. The normalized spacial score (nSPS) is 19.1. The monoisotopic (exact) mass is 765 g/mol. The summed E-state index contributed by atoms with van der Waals surface area (Å²) in [4.78, 5) is 70.5. The molecule has 16 heteroatoms. The maximum absolute atomic E-state index is 13.5. The average Bonchev–Trinajstić information content (AvgIpc) is 4.03. The molecule has 5 aromatic rings. The zero-order valence-electron chi connectivity index (χ0n) is 31.7. The maximum atomic E-state index is 13.5. The highest BCUT2D eigenvalue weighted by atomic mass is 16.5. The molecule has 16 nitrogen and oxygen atoms in total.